The van der Waals surface area contributed by atoms with Crippen LogP contribution in [0.2, 0.25) is 0 Å². The van der Waals surface area contributed by atoms with Gasteiger partial charge >= 0.3 is 5.97 Å². The van der Waals surface area contributed by atoms with Crippen molar-refractivity contribution < 1.29 is 14.5 Å². The molecule has 5 heteroatoms. The molecule has 32 heavy (non-hydrogen) atoms. The molecular weight excluding hydrogens is 402 g/mol. The molecule has 0 saturated heterocycles. The molecule has 5 nitrogen and oxygen atoms in total. The number of nitro groups is 1. The normalized spacial score (nSPS) is 10.7. The quantitative estimate of drug-likeness (QED) is 0.159. The number of non-ortho nitro benzene ring substituents is 1. The lowest BCUT2D eigenvalue weighted by Gasteiger charge is -2.18. The van der Waals surface area contributed by atoms with Gasteiger partial charge < -0.3 is 4.74 Å². The van der Waals surface area contributed by atoms with Gasteiger partial charge in [0.25, 0.3) is 5.69 Å². The number of rotatable bonds is 7. The summed E-state index contributed by atoms with van der Waals surface area (Å²) in [6.45, 7) is 0.0456. The molecule has 0 N–H and O–H groups in total. The first-order valence-electron chi connectivity index (χ1n) is 10.1. The monoisotopic (exact) mass is 422 g/mol. The highest BCUT2D eigenvalue weighted by atomic mass is 16.6. The zero-order valence-corrected chi connectivity index (χ0v) is 17.2. The average Bonchev–Trinajstić information content (AvgIpc) is 2.85. The molecule has 0 saturated carbocycles. The second-order valence-electron chi connectivity index (χ2n) is 7.18. The van der Waals surface area contributed by atoms with Crippen molar-refractivity contribution >= 4 is 11.7 Å². The van der Waals surface area contributed by atoms with Gasteiger partial charge in [-0.15, -0.1) is 0 Å². The van der Waals surface area contributed by atoms with Crippen molar-refractivity contribution in [3.8, 4) is 0 Å². The van der Waals surface area contributed by atoms with Gasteiger partial charge in [0.1, 0.15) is 6.61 Å². The fourth-order valence-corrected chi connectivity index (χ4v) is 3.43. The molecule has 4 aromatic rings. The highest BCUT2D eigenvalue weighted by Crippen LogP contribution is 2.31. The number of ether oxygens (including phenoxy) is 1. The Kier molecular flexibility index (Phi) is 6.37. The Labute approximate surface area is 186 Å². The van der Waals surface area contributed by atoms with Crippen LogP contribution in [0, 0.1) is 16.0 Å². The van der Waals surface area contributed by atoms with E-state index >= 15 is 0 Å². The summed E-state index contributed by atoms with van der Waals surface area (Å²) in [5, 5.41) is 10.7. The van der Waals surface area contributed by atoms with Gasteiger partial charge in [0.15, 0.2) is 0 Å². The first-order chi connectivity index (χ1) is 15.6. The summed E-state index contributed by atoms with van der Waals surface area (Å²) < 4.78 is 5.37. The summed E-state index contributed by atoms with van der Waals surface area (Å²) in [5.74, 6) is 0.632. The van der Waals surface area contributed by atoms with Crippen LogP contribution in [0.4, 0.5) is 5.69 Å². The Balaban J connectivity index is 1.49. The number of carbonyl (C=O) groups is 1. The van der Waals surface area contributed by atoms with Crippen LogP contribution in [0.1, 0.15) is 32.6 Å². The fraction of sp³-hybridized carbons (Fsp3) is 0.0370. The van der Waals surface area contributed by atoms with Crippen molar-refractivity contribution in [3.05, 3.63) is 153 Å². The lowest BCUT2D eigenvalue weighted by atomic mass is 9.85. The van der Waals surface area contributed by atoms with E-state index in [1.54, 1.807) is 24.3 Å². The third-order valence-electron chi connectivity index (χ3n) is 5.05. The average molecular weight is 422 g/mol. The molecule has 0 amide bonds. The molecule has 0 spiro atoms. The van der Waals surface area contributed by atoms with E-state index in [9.17, 15) is 14.9 Å². The molecule has 0 bridgehead atoms. The Bertz CT molecular complexity index is 1150. The lowest BCUT2D eigenvalue weighted by Crippen LogP contribution is -2.07. The summed E-state index contributed by atoms with van der Waals surface area (Å²) in [6.07, 6.45) is 0. The van der Waals surface area contributed by atoms with E-state index in [1.165, 1.54) is 12.1 Å². The van der Waals surface area contributed by atoms with E-state index in [2.05, 4.69) is 24.3 Å². The predicted molar refractivity (Wildman–Crippen MR) is 122 cm³/mol. The van der Waals surface area contributed by atoms with Gasteiger partial charge in [-0.25, -0.2) is 4.79 Å². The zero-order valence-electron chi connectivity index (χ0n) is 17.2. The molecule has 0 aliphatic carbocycles. The van der Waals surface area contributed by atoms with Gasteiger partial charge in [-0.3, -0.25) is 10.1 Å². The summed E-state index contributed by atoms with van der Waals surface area (Å²) >= 11 is 0. The van der Waals surface area contributed by atoms with Gasteiger partial charge in [-0.05, 0) is 46.5 Å². The Morgan fingerprint density at radius 3 is 1.62 bits per heavy atom. The maximum atomic E-state index is 12.5. The van der Waals surface area contributed by atoms with Crippen molar-refractivity contribution in [2.24, 2.45) is 0 Å². The number of nitrogens with zero attached hydrogens (tertiary/aromatic N) is 1. The molecule has 0 unspecified atom stereocenters. The first kappa shape index (κ1) is 21.0. The van der Waals surface area contributed by atoms with E-state index in [0.29, 0.717) is 11.1 Å². The summed E-state index contributed by atoms with van der Waals surface area (Å²) in [5.41, 5.74) is 4.30. The van der Waals surface area contributed by atoms with Crippen LogP contribution in [0.15, 0.2) is 109 Å². The summed E-state index contributed by atoms with van der Waals surface area (Å²) in [4.78, 5) is 22.8. The van der Waals surface area contributed by atoms with Crippen LogP contribution >= 0.6 is 0 Å². The number of hydrogen-bond donors (Lipinski definition) is 0. The number of carbonyl (C=O) groups excluding carboxylic acids is 1. The zero-order chi connectivity index (χ0) is 22.3. The van der Waals surface area contributed by atoms with Crippen molar-refractivity contribution in [1.29, 1.82) is 0 Å². The van der Waals surface area contributed by atoms with Crippen LogP contribution in [0.5, 0.6) is 0 Å². The van der Waals surface area contributed by atoms with Gasteiger partial charge in [-0.2, -0.15) is 0 Å². The molecule has 4 rings (SSSR count). The SMILES string of the molecule is O=C(OCc1ccc([N+](=O)[O-])cc1)c1ccc([C](c2ccccc2)c2ccccc2)cc1. The fourth-order valence-electron chi connectivity index (χ4n) is 3.43. The highest BCUT2D eigenvalue weighted by molar-refractivity contribution is 5.89. The van der Waals surface area contributed by atoms with Crippen molar-refractivity contribution in [3.63, 3.8) is 0 Å². The third kappa shape index (κ3) is 4.90. The van der Waals surface area contributed by atoms with Crippen LogP contribution in [0.3, 0.4) is 0 Å². The Morgan fingerprint density at radius 2 is 1.12 bits per heavy atom. The van der Waals surface area contributed by atoms with E-state index in [1.807, 2.05) is 48.5 Å². The highest BCUT2D eigenvalue weighted by Gasteiger charge is 2.18. The van der Waals surface area contributed by atoms with Gasteiger partial charge in [0.05, 0.1) is 16.4 Å². The standard InChI is InChI=1S/C27H20NO4/c29-27(32-19-20-11-17-25(18-12-20)28(30)31)24-15-13-23(14-16-24)26(21-7-3-1-4-8-21)22-9-5-2-6-10-22/h1-18H,19H2. The van der Waals surface area contributed by atoms with Crippen molar-refractivity contribution in [2.45, 2.75) is 6.61 Å². The molecule has 0 heterocycles. The third-order valence-corrected chi connectivity index (χ3v) is 5.05. The van der Waals surface area contributed by atoms with Crippen LogP contribution in [0.25, 0.3) is 0 Å². The topological polar surface area (TPSA) is 69.4 Å². The number of nitro benzene ring substituents is 1. The lowest BCUT2D eigenvalue weighted by molar-refractivity contribution is -0.384. The predicted octanol–water partition coefficient (Wildman–Crippen LogP) is 5.97. The Hall–Kier alpha value is -4.25. The molecule has 0 aliphatic rings. The van der Waals surface area contributed by atoms with E-state index < -0.39 is 10.9 Å². The van der Waals surface area contributed by atoms with Gasteiger partial charge in [-0.1, -0.05) is 72.8 Å². The molecule has 0 aliphatic heterocycles. The molecule has 0 atom stereocenters. The van der Waals surface area contributed by atoms with Crippen LogP contribution < -0.4 is 0 Å². The summed E-state index contributed by atoms with van der Waals surface area (Å²) in [6, 6.07) is 33.5. The minimum absolute atomic E-state index is 0.000415. The number of benzene rings is 4. The van der Waals surface area contributed by atoms with E-state index in [-0.39, 0.29) is 12.3 Å². The molecule has 0 fully saturated rings. The molecular formula is C27H20NO4. The smallest absolute Gasteiger partial charge is 0.338 e. The molecule has 1 radical (unpaired) electrons. The molecule has 157 valence electrons. The van der Waals surface area contributed by atoms with Crippen LogP contribution in [-0.4, -0.2) is 10.9 Å². The first-order valence-corrected chi connectivity index (χ1v) is 10.1. The Morgan fingerprint density at radius 1 is 0.656 bits per heavy atom. The second kappa shape index (κ2) is 9.71. The van der Waals surface area contributed by atoms with Crippen LogP contribution in [-0.2, 0) is 11.3 Å². The maximum absolute atomic E-state index is 12.5. The van der Waals surface area contributed by atoms with Gasteiger partial charge in [0.2, 0.25) is 0 Å². The summed E-state index contributed by atoms with van der Waals surface area (Å²) in [7, 11) is 0. The largest absolute Gasteiger partial charge is 0.457 e. The van der Waals surface area contributed by atoms with Gasteiger partial charge in [0, 0.05) is 12.1 Å². The molecule has 0 aromatic heterocycles. The van der Waals surface area contributed by atoms with E-state index in [0.717, 1.165) is 22.6 Å². The number of hydrogen-bond acceptors (Lipinski definition) is 4. The minimum Gasteiger partial charge on any atom is -0.457 e. The minimum atomic E-state index is -0.465. The molecule has 4 aromatic carbocycles. The second-order valence-corrected chi connectivity index (χ2v) is 7.18. The van der Waals surface area contributed by atoms with E-state index in [4.69, 9.17) is 4.74 Å². The number of esters is 1. The van der Waals surface area contributed by atoms with Crippen molar-refractivity contribution in [1.82, 2.24) is 0 Å². The maximum Gasteiger partial charge on any atom is 0.338 e. The van der Waals surface area contributed by atoms with Crippen molar-refractivity contribution in [2.75, 3.05) is 0 Å².